The summed E-state index contributed by atoms with van der Waals surface area (Å²) in [4.78, 5) is 25.8. The van der Waals surface area contributed by atoms with Crippen molar-refractivity contribution in [3.63, 3.8) is 0 Å². The first-order valence-corrected chi connectivity index (χ1v) is 9.97. The molecule has 0 unspecified atom stereocenters. The molecule has 0 aromatic heterocycles. The van der Waals surface area contributed by atoms with E-state index in [1.807, 2.05) is 61.7 Å². The number of rotatable bonds is 5. The smallest absolute Gasteiger partial charge is 0.322 e. The fourth-order valence-corrected chi connectivity index (χ4v) is 2.99. The van der Waals surface area contributed by atoms with Gasteiger partial charge in [0.2, 0.25) is 0 Å². The zero-order valence-corrected chi connectivity index (χ0v) is 16.5. The molecule has 0 spiro atoms. The first kappa shape index (κ1) is 19.5. The van der Waals surface area contributed by atoms with Crippen molar-refractivity contribution >= 4 is 40.8 Å². The van der Waals surface area contributed by atoms with Crippen LogP contribution in [0.1, 0.15) is 15.9 Å². The van der Waals surface area contributed by atoms with Crippen molar-refractivity contribution in [2.75, 3.05) is 22.2 Å². The number of carbonyl (C=O) groups is 2. The Balaban J connectivity index is 1.68. The molecule has 3 N–H and O–H groups in total. The number of hydrogen-bond acceptors (Lipinski definition) is 3. The zero-order valence-electron chi connectivity index (χ0n) is 15.7. The minimum atomic E-state index is -0.347. The van der Waals surface area contributed by atoms with Crippen LogP contribution in [0.15, 0.2) is 77.7 Å². The highest BCUT2D eigenvalue weighted by atomic mass is 32.2. The Bertz CT molecular complexity index is 973. The molecule has 0 heterocycles. The lowest BCUT2D eigenvalue weighted by molar-refractivity contribution is 0.102. The van der Waals surface area contributed by atoms with Gasteiger partial charge in [0.1, 0.15) is 0 Å². The number of para-hydroxylation sites is 1. The van der Waals surface area contributed by atoms with Gasteiger partial charge in [-0.05, 0) is 67.3 Å². The van der Waals surface area contributed by atoms with Crippen LogP contribution in [0, 0.1) is 6.92 Å². The number of amides is 3. The molecule has 0 bridgehead atoms. The van der Waals surface area contributed by atoms with E-state index in [9.17, 15) is 9.59 Å². The van der Waals surface area contributed by atoms with Crippen LogP contribution in [0.2, 0.25) is 0 Å². The van der Waals surface area contributed by atoms with Crippen LogP contribution in [-0.2, 0) is 0 Å². The monoisotopic (exact) mass is 391 g/mol. The van der Waals surface area contributed by atoms with E-state index in [1.54, 1.807) is 36.0 Å². The number of carbonyl (C=O) groups excluding carboxylic acids is 2. The highest BCUT2D eigenvalue weighted by Crippen LogP contribution is 2.22. The molecule has 0 atom stereocenters. The molecule has 142 valence electrons. The van der Waals surface area contributed by atoms with Crippen LogP contribution in [0.25, 0.3) is 0 Å². The van der Waals surface area contributed by atoms with Crippen molar-refractivity contribution in [3.8, 4) is 0 Å². The van der Waals surface area contributed by atoms with Gasteiger partial charge in [0.15, 0.2) is 0 Å². The first-order valence-electron chi connectivity index (χ1n) is 8.74. The average molecular weight is 391 g/mol. The SMILES string of the molecule is CSc1ccc(C(=O)Nc2cc(NC(=O)Nc3ccccc3)ccc2C)cc1. The van der Waals surface area contributed by atoms with Crippen LogP contribution in [0.4, 0.5) is 21.9 Å². The predicted octanol–water partition coefficient (Wildman–Crippen LogP) is 5.61. The van der Waals surface area contributed by atoms with Gasteiger partial charge in [-0.15, -0.1) is 11.8 Å². The van der Waals surface area contributed by atoms with E-state index in [4.69, 9.17) is 0 Å². The third kappa shape index (κ3) is 5.14. The van der Waals surface area contributed by atoms with E-state index in [-0.39, 0.29) is 11.9 Å². The molecule has 0 radical (unpaired) electrons. The molecule has 0 saturated heterocycles. The Morgan fingerprint density at radius 2 is 1.46 bits per heavy atom. The number of anilines is 3. The molecule has 0 aliphatic heterocycles. The Labute approximate surface area is 168 Å². The summed E-state index contributed by atoms with van der Waals surface area (Å²) in [6.07, 6.45) is 1.99. The molecule has 3 rings (SSSR count). The van der Waals surface area contributed by atoms with E-state index >= 15 is 0 Å². The molecular weight excluding hydrogens is 370 g/mol. The number of urea groups is 1. The summed E-state index contributed by atoms with van der Waals surface area (Å²) < 4.78 is 0. The van der Waals surface area contributed by atoms with Gasteiger partial charge in [0.05, 0.1) is 0 Å². The van der Waals surface area contributed by atoms with Crippen molar-refractivity contribution in [3.05, 3.63) is 83.9 Å². The molecular formula is C22H21N3O2S. The van der Waals surface area contributed by atoms with Crippen molar-refractivity contribution in [1.29, 1.82) is 0 Å². The second-order valence-corrected chi connectivity index (χ2v) is 7.04. The fraction of sp³-hybridized carbons (Fsp3) is 0.0909. The highest BCUT2D eigenvalue weighted by Gasteiger charge is 2.10. The molecule has 5 nitrogen and oxygen atoms in total. The van der Waals surface area contributed by atoms with E-state index in [2.05, 4.69) is 16.0 Å². The van der Waals surface area contributed by atoms with E-state index in [0.717, 1.165) is 10.5 Å². The molecule has 3 aromatic rings. The number of nitrogens with one attached hydrogen (secondary N) is 3. The second kappa shape index (κ2) is 9.10. The molecule has 0 aliphatic rings. The normalized spacial score (nSPS) is 10.2. The van der Waals surface area contributed by atoms with Crippen molar-refractivity contribution < 1.29 is 9.59 Å². The summed E-state index contributed by atoms with van der Waals surface area (Å²) in [5.41, 5.74) is 3.43. The van der Waals surface area contributed by atoms with Gasteiger partial charge in [0.25, 0.3) is 5.91 Å². The van der Waals surface area contributed by atoms with Crippen molar-refractivity contribution in [2.45, 2.75) is 11.8 Å². The zero-order chi connectivity index (χ0) is 19.9. The van der Waals surface area contributed by atoms with Crippen molar-refractivity contribution in [2.24, 2.45) is 0 Å². The van der Waals surface area contributed by atoms with E-state index in [1.165, 1.54) is 0 Å². The van der Waals surface area contributed by atoms with Gasteiger partial charge in [0, 0.05) is 27.5 Å². The van der Waals surface area contributed by atoms with Gasteiger partial charge in [-0.1, -0.05) is 24.3 Å². The van der Waals surface area contributed by atoms with E-state index < -0.39 is 0 Å². The Morgan fingerprint density at radius 3 is 2.14 bits per heavy atom. The van der Waals surface area contributed by atoms with Crippen LogP contribution >= 0.6 is 11.8 Å². The lowest BCUT2D eigenvalue weighted by atomic mass is 10.1. The maximum atomic E-state index is 12.5. The Morgan fingerprint density at radius 1 is 0.786 bits per heavy atom. The van der Waals surface area contributed by atoms with Gasteiger partial charge in [-0.25, -0.2) is 4.79 Å². The lowest BCUT2D eigenvalue weighted by Crippen LogP contribution is -2.19. The van der Waals surface area contributed by atoms with Gasteiger partial charge >= 0.3 is 6.03 Å². The van der Waals surface area contributed by atoms with E-state index in [0.29, 0.717) is 22.6 Å². The summed E-state index contributed by atoms with van der Waals surface area (Å²) in [5, 5.41) is 8.45. The number of benzene rings is 3. The minimum absolute atomic E-state index is 0.193. The maximum absolute atomic E-state index is 12.5. The predicted molar refractivity (Wildman–Crippen MR) is 116 cm³/mol. The summed E-state index contributed by atoms with van der Waals surface area (Å²) in [5.74, 6) is -0.193. The summed E-state index contributed by atoms with van der Waals surface area (Å²) in [6, 6.07) is 21.7. The third-order valence-corrected chi connectivity index (χ3v) is 4.87. The molecule has 0 aliphatic carbocycles. The summed E-state index contributed by atoms with van der Waals surface area (Å²) >= 11 is 1.63. The van der Waals surface area contributed by atoms with Crippen molar-refractivity contribution in [1.82, 2.24) is 0 Å². The molecule has 0 fully saturated rings. The molecule has 0 saturated carbocycles. The van der Waals surface area contributed by atoms with Gasteiger partial charge in [-0.3, -0.25) is 4.79 Å². The minimum Gasteiger partial charge on any atom is -0.322 e. The van der Waals surface area contributed by atoms with Crippen LogP contribution in [0.5, 0.6) is 0 Å². The first-order chi connectivity index (χ1) is 13.5. The maximum Gasteiger partial charge on any atom is 0.323 e. The van der Waals surface area contributed by atoms with Crippen LogP contribution < -0.4 is 16.0 Å². The third-order valence-electron chi connectivity index (χ3n) is 4.13. The van der Waals surface area contributed by atoms with Crippen LogP contribution in [-0.4, -0.2) is 18.2 Å². The topological polar surface area (TPSA) is 70.2 Å². The number of aryl methyl sites for hydroxylation is 1. The Hall–Kier alpha value is -3.25. The molecule has 6 heteroatoms. The average Bonchev–Trinajstić information content (AvgIpc) is 2.71. The largest absolute Gasteiger partial charge is 0.323 e. The molecule has 3 amide bonds. The summed E-state index contributed by atoms with van der Waals surface area (Å²) in [7, 11) is 0. The quantitative estimate of drug-likeness (QED) is 0.495. The lowest BCUT2D eigenvalue weighted by Gasteiger charge is -2.12. The van der Waals surface area contributed by atoms with Gasteiger partial charge < -0.3 is 16.0 Å². The summed E-state index contributed by atoms with van der Waals surface area (Å²) in [6.45, 7) is 1.90. The highest BCUT2D eigenvalue weighted by molar-refractivity contribution is 7.98. The second-order valence-electron chi connectivity index (χ2n) is 6.16. The van der Waals surface area contributed by atoms with Crippen LogP contribution in [0.3, 0.4) is 0 Å². The molecule has 28 heavy (non-hydrogen) atoms. The number of hydrogen-bond donors (Lipinski definition) is 3. The fourth-order valence-electron chi connectivity index (χ4n) is 2.59. The number of thioether (sulfide) groups is 1. The standard InChI is InChI=1S/C22H21N3O2S/c1-15-8-11-18(24-22(27)23-17-6-4-3-5-7-17)14-20(15)25-21(26)16-9-12-19(28-2)13-10-16/h3-14H,1-2H3,(H,25,26)(H2,23,24,27). The molecule has 3 aromatic carbocycles. The Kier molecular flexibility index (Phi) is 6.34. The van der Waals surface area contributed by atoms with Gasteiger partial charge in [-0.2, -0.15) is 0 Å².